The predicted molar refractivity (Wildman–Crippen MR) is 92.0 cm³/mol. The number of fused-ring (bicyclic) bond motifs is 1. The van der Waals surface area contributed by atoms with Crippen molar-refractivity contribution in [1.82, 2.24) is 0 Å². The summed E-state index contributed by atoms with van der Waals surface area (Å²) in [6.45, 7) is 0. The molecule has 1 saturated carbocycles. The maximum Gasteiger partial charge on any atom is 0.175 e. The molecule has 1 nitrogen and oxygen atoms in total. The van der Waals surface area contributed by atoms with Gasteiger partial charge in [0.05, 0.1) is 4.88 Å². The first-order chi connectivity index (χ1) is 10.2. The van der Waals surface area contributed by atoms with E-state index in [9.17, 15) is 4.79 Å². The van der Waals surface area contributed by atoms with Crippen LogP contribution in [0, 0.1) is 5.92 Å². The van der Waals surface area contributed by atoms with Crippen LogP contribution in [0.3, 0.4) is 0 Å². The minimum Gasteiger partial charge on any atom is -0.293 e. The maximum atomic E-state index is 12.2. The van der Waals surface area contributed by atoms with E-state index >= 15 is 0 Å². The molecule has 0 atom stereocenters. The van der Waals surface area contributed by atoms with Gasteiger partial charge in [-0.05, 0) is 47.4 Å². The molecule has 0 aliphatic heterocycles. The average Bonchev–Trinajstić information content (AvgIpc) is 3.25. The lowest BCUT2D eigenvalue weighted by molar-refractivity contribution is 0.0971. The van der Waals surface area contributed by atoms with Crippen molar-refractivity contribution in [3.05, 3.63) is 57.9 Å². The fourth-order valence-electron chi connectivity index (χ4n) is 2.64. The number of carbonyl (C=O) groups excluding carboxylic acids is 1. The summed E-state index contributed by atoms with van der Waals surface area (Å²) < 4.78 is 1.10. The molecule has 104 valence electrons. The van der Waals surface area contributed by atoms with Gasteiger partial charge in [-0.3, -0.25) is 4.79 Å². The molecule has 3 heteroatoms. The second-order valence-electron chi connectivity index (χ2n) is 5.44. The zero-order valence-electron chi connectivity index (χ0n) is 11.3. The molecule has 1 heterocycles. The molecule has 0 bridgehead atoms. The smallest absolute Gasteiger partial charge is 0.175 e. The minimum absolute atomic E-state index is 0.290. The Labute approximate surface area is 135 Å². The van der Waals surface area contributed by atoms with Crippen LogP contribution in [0.25, 0.3) is 21.2 Å². The number of hydrogen-bond acceptors (Lipinski definition) is 2. The first-order valence-corrected chi connectivity index (χ1v) is 8.66. The highest BCUT2D eigenvalue weighted by molar-refractivity contribution is 9.10. The molecule has 0 saturated heterocycles. The molecule has 3 aromatic rings. The van der Waals surface area contributed by atoms with Gasteiger partial charge in [0.15, 0.2) is 5.78 Å². The molecule has 0 spiro atoms. The van der Waals surface area contributed by atoms with E-state index in [1.807, 2.05) is 12.1 Å². The normalized spacial score (nSPS) is 14.5. The van der Waals surface area contributed by atoms with Crippen LogP contribution in [-0.4, -0.2) is 5.78 Å². The van der Waals surface area contributed by atoms with Gasteiger partial charge >= 0.3 is 0 Å². The van der Waals surface area contributed by atoms with Gasteiger partial charge in [-0.15, -0.1) is 11.3 Å². The summed E-state index contributed by atoms with van der Waals surface area (Å²) in [7, 11) is 0. The van der Waals surface area contributed by atoms with Crippen LogP contribution in [0.15, 0.2) is 53.0 Å². The maximum absolute atomic E-state index is 12.2. The Hall–Kier alpha value is -1.45. The van der Waals surface area contributed by atoms with E-state index in [0.717, 1.165) is 22.2 Å². The Bertz CT molecular complexity index is 845. The summed E-state index contributed by atoms with van der Waals surface area (Å²) in [5, 5.41) is 2.43. The number of ketones is 1. The number of benzene rings is 2. The molecule has 1 aliphatic rings. The molecule has 0 radical (unpaired) electrons. The number of rotatable bonds is 3. The van der Waals surface area contributed by atoms with Gasteiger partial charge in [0.25, 0.3) is 0 Å². The summed E-state index contributed by atoms with van der Waals surface area (Å²) >= 11 is 5.23. The van der Waals surface area contributed by atoms with Crippen molar-refractivity contribution < 1.29 is 4.79 Å². The first kappa shape index (κ1) is 13.2. The number of Topliss-reactive ketones (excluding diaryl/α,β-unsaturated/α-hetero) is 1. The molecular weight excluding hydrogens is 344 g/mol. The second kappa shape index (κ2) is 5.08. The highest BCUT2D eigenvalue weighted by Gasteiger charge is 2.31. The molecule has 4 rings (SSSR count). The summed E-state index contributed by atoms with van der Waals surface area (Å²) in [5.74, 6) is 0.617. The van der Waals surface area contributed by atoms with E-state index < -0.39 is 0 Å². The summed E-state index contributed by atoms with van der Waals surface area (Å²) in [6.07, 6.45) is 2.13. The third-order valence-electron chi connectivity index (χ3n) is 3.93. The highest BCUT2D eigenvalue weighted by Crippen LogP contribution is 2.39. The van der Waals surface area contributed by atoms with Crippen molar-refractivity contribution in [1.29, 1.82) is 0 Å². The molecule has 2 aromatic carbocycles. The fraction of sp³-hybridized carbons (Fsp3) is 0.167. The van der Waals surface area contributed by atoms with E-state index in [2.05, 4.69) is 52.3 Å². The summed E-state index contributed by atoms with van der Waals surface area (Å²) in [4.78, 5) is 14.2. The van der Waals surface area contributed by atoms with Gasteiger partial charge in [-0.25, -0.2) is 0 Å². The van der Waals surface area contributed by atoms with Crippen LogP contribution in [-0.2, 0) is 0 Å². The SMILES string of the molecule is O=C(c1ccc(-c2ccc(Br)c3ccccc23)s1)C1CC1. The van der Waals surface area contributed by atoms with Gasteiger partial charge in [-0.2, -0.15) is 0 Å². The molecule has 0 amide bonds. The Morgan fingerprint density at radius 2 is 1.76 bits per heavy atom. The van der Waals surface area contributed by atoms with Crippen molar-refractivity contribution in [2.75, 3.05) is 0 Å². The Balaban J connectivity index is 1.83. The predicted octanol–water partition coefficient (Wildman–Crippen LogP) is 5.92. The van der Waals surface area contributed by atoms with E-state index in [-0.39, 0.29) is 5.92 Å². The van der Waals surface area contributed by atoms with Crippen LogP contribution >= 0.6 is 27.3 Å². The first-order valence-electron chi connectivity index (χ1n) is 7.06. The highest BCUT2D eigenvalue weighted by atomic mass is 79.9. The van der Waals surface area contributed by atoms with E-state index in [4.69, 9.17) is 0 Å². The molecule has 21 heavy (non-hydrogen) atoms. The van der Waals surface area contributed by atoms with Gasteiger partial charge in [0.1, 0.15) is 0 Å². The van der Waals surface area contributed by atoms with Crippen LogP contribution in [0.4, 0.5) is 0 Å². The molecular formula is C18H13BrOS. The van der Waals surface area contributed by atoms with Gasteiger partial charge in [-0.1, -0.05) is 46.3 Å². The van der Waals surface area contributed by atoms with Gasteiger partial charge in [0.2, 0.25) is 0 Å². The van der Waals surface area contributed by atoms with Gasteiger partial charge in [0, 0.05) is 15.3 Å². The molecule has 1 fully saturated rings. The van der Waals surface area contributed by atoms with Crippen LogP contribution in [0.5, 0.6) is 0 Å². The molecule has 0 N–H and O–H groups in total. The standard InChI is InChI=1S/C18H13BrOS/c19-15-8-7-14(12-3-1-2-4-13(12)15)16-9-10-17(21-16)18(20)11-5-6-11/h1-4,7-11H,5-6H2. The number of halogens is 1. The molecule has 1 aromatic heterocycles. The zero-order chi connectivity index (χ0) is 14.4. The summed E-state index contributed by atoms with van der Waals surface area (Å²) in [5.41, 5.74) is 1.20. The van der Waals surface area contributed by atoms with E-state index in [1.54, 1.807) is 11.3 Å². The lowest BCUT2D eigenvalue weighted by atomic mass is 10.0. The lowest BCUT2D eigenvalue weighted by Gasteiger charge is -2.06. The topological polar surface area (TPSA) is 17.1 Å². The van der Waals surface area contributed by atoms with E-state index in [1.165, 1.54) is 21.2 Å². The zero-order valence-corrected chi connectivity index (χ0v) is 13.7. The van der Waals surface area contributed by atoms with Crippen LogP contribution < -0.4 is 0 Å². The number of carbonyl (C=O) groups is 1. The Kier molecular flexibility index (Phi) is 3.20. The van der Waals surface area contributed by atoms with E-state index in [0.29, 0.717) is 5.78 Å². The Morgan fingerprint density at radius 3 is 2.52 bits per heavy atom. The average molecular weight is 357 g/mol. The van der Waals surface area contributed by atoms with Crippen LogP contribution in [0.1, 0.15) is 22.5 Å². The minimum atomic E-state index is 0.290. The van der Waals surface area contributed by atoms with Crippen molar-refractivity contribution in [3.8, 4) is 10.4 Å². The largest absolute Gasteiger partial charge is 0.293 e. The molecule has 0 unspecified atom stereocenters. The number of hydrogen-bond donors (Lipinski definition) is 0. The monoisotopic (exact) mass is 356 g/mol. The molecule has 1 aliphatic carbocycles. The Morgan fingerprint density at radius 1 is 1.00 bits per heavy atom. The van der Waals surface area contributed by atoms with Crippen molar-refractivity contribution >= 4 is 43.8 Å². The summed E-state index contributed by atoms with van der Waals surface area (Å²) in [6, 6.07) is 16.6. The third kappa shape index (κ3) is 2.34. The third-order valence-corrected chi connectivity index (χ3v) is 5.76. The fourth-order valence-corrected chi connectivity index (χ4v) is 4.18. The lowest BCUT2D eigenvalue weighted by Crippen LogP contribution is -1.96. The van der Waals surface area contributed by atoms with Crippen LogP contribution in [0.2, 0.25) is 0 Å². The van der Waals surface area contributed by atoms with Crippen molar-refractivity contribution in [2.24, 2.45) is 5.92 Å². The van der Waals surface area contributed by atoms with Crippen molar-refractivity contribution in [2.45, 2.75) is 12.8 Å². The quantitative estimate of drug-likeness (QED) is 0.532. The van der Waals surface area contributed by atoms with Crippen molar-refractivity contribution in [3.63, 3.8) is 0 Å². The van der Waals surface area contributed by atoms with Gasteiger partial charge < -0.3 is 0 Å². The number of thiophene rings is 1. The second-order valence-corrected chi connectivity index (χ2v) is 7.38.